The second-order valence-corrected chi connectivity index (χ2v) is 9.47. The lowest BCUT2D eigenvalue weighted by Gasteiger charge is -2.41. The lowest BCUT2D eigenvalue weighted by atomic mass is 9.63. The van der Waals surface area contributed by atoms with Crippen molar-refractivity contribution in [2.45, 2.75) is 45.1 Å². The van der Waals surface area contributed by atoms with Crippen molar-refractivity contribution in [1.82, 2.24) is 0 Å². The second kappa shape index (κ2) is 9.94. The molecule has 0 heterocycles. The van der Waals surface area contributed by atoms with Gasteiger partial charge in [-0.15, -0.1) is 11.8 Å². The molecule has 0 amide bonds. The molecule has 5 heteroatoms. The van der Waals surface area contributed by atoms with Crippen LogP contribution in [0.2, 0.25) is 0 Å². The fourth-order valence-electron chi connectivity index (χ4n) is 2.76. The van der Waals surface area contributed by atoms with Crippen LogP contribution in [0.3, 0.4) is 0 Å². The summed E-state index contributed by atoms with van der Waals surface area (Å²) in [5.41, 5.74) is 0.316. The average molecular weight is 401 g/mol. The van der Waals surface area contributed by atoms with Crippen molar-refractivity contribution in [3.63, 3.8) is 0 Å². The number of ether oxygens (including phenoxy) is 1. The molecule has 0 radical (unpaired) electrons. The highest BCUT2D eigenvalue weighted by Crippen LogP contribution is 2.47. The predicted octanol–water partition coefficient (Wildman–Crippen LogP) is 6.48. The molecule has 0 aromatic heterocycles. The van der Waals surface area contributed by atoms with Gasteiger partial charge in [-0.1, -0.05) is 68.8 Å². The molecule has 2 unspecified atom stereocenters. The van der Waals surface area contributed by atoms with Gasteiger partial charge in [0.1, 0.15) is 0 Å². The van der Waals surface area contributed by atoms with Crippen LogP contribution in [0.4, 0.5) is 0 Å². The topological polar surface area (TPSA) is 26.3 Å². The molecular weight excluding hydrogens is 372 g/mol. The zero-order valence-corrected chi connectivity index (χ0v) is 18.2. The van der Waals surface area contributed by atoms with Gasteiger partial charge in [0.25, 0.3) is 0 Å². The third-order valence-corrected chi connectivity index (χ3v) is 7.07. The van der Waals surface area contributed by atoms with Crippen LogP contribution in [0.25, 0.3) is 0 Å². The van der Waals surface area contributed by atoms with Crippen LogP contribution in [-0.4, -0.2) is 18.8 Å². The van der Waals surface area contributed by atoms with E-state index in [1.165, 1.54) is 12.7 Å². The second-order valence-electron chi connectivity index (χ2n) is 6.99. The number of thiol groups is 1. The van der Waals surface area contributed by atoms with Gasteiger partial charge in [0.2, 0.25) is 0 Å². The number of hydrogen-bond donors (Lipinski definition) is 1. The molecule has 0 aliphatic rings. The Balaban J connectivity index is 2.68. The minimum Gasteiger partial charge on any atom is -0.469 e. The minimum absolute atomic E-state index is 0.117. The number of esters is 1. The summed E-state index contributed by atoms with van der Waals surface area (Å²) in [6.45, 7) is 8.11. The summed E-state index contributed by atoms with van der Waals surface area (Å²) in [6, 6.07) is 10.2. The van der Waals surface area contributed by atoms with E-state index in [4.69, 9.17) is 16.3 Å². The Morgan fingerprint density at radius 2 is 1.92 bits per heavy atom. The van der Waals surface area contributed by atoms with Crippen molar-refractivity contribution in [2.75, 3.05) is 12.9 Å². The van der Waals surface area contributed by atoms with E-state index in [2.05, 4.69) is 38.6 Å². The van der Waals surface area contributed by atoms with Crippen LogP contribution < -0.4 is 0 Å². The number of benzene rings is 1. The molecule has 0 N–H and O–H groups in total. The molecule has 0 saturated heterocycles. The molecule has 0 bridgehead atoms. The summed E-state index contributed by atoms with van der Waals surface area (Å²) >= 11 is 12.8. The Kier molecular flexibility index (Phi) is 8.93. The molecule has 0 fully saturated rings. The summed E-state index contributed by atoms with van der Waals surface area (Å²) in [5, 5.41) is 0.773. The number of halogens is 1. The van der Waals surface area contributed by atoms with Crippen molar-refractivity contribution < 1.29 is 9.53 Å². The number of methoxy groups -OCH3 is 1. The third-order valence-electron chi connectivity index (χ3n) is 5.09. The Labute approximate surface area is 167 Å². The van der Waals surface area contributed by atoms with Crippen LogP contribution in [0.15, 0.2) is 41.4 Å². The summed E-state index contributed by atoms with van der Waals surface area (Å²) in [7, 11) is 1.44. The zero-order chi connectivity index (χ0) is 19.1. The fraction of sp³-hybridized carbons (Fsp3) is 0.550. The zero-order valence-electron chi connectivity index (χ0n) is 15.7. The molecular formula is C20H29ClO2S2. The number of hydrogen-bond acceptors (Lipinski definition) is 4. The van der Waals surface area contributed by atoms with Gasteiger partial charge in [-0.25, -0.2) is 0 Å². The molecule has 1 rings (SSSR count). The summed E-state index contributed by atoms with van der Waals surface area (Å²) in [6.07, 6.45) is 3.36. The molecule has 0 aliphatic carbocycles. The first-order valence-electron chi connectivity index (χ1n) is 8.45. The SMILES string of the molecule is CCC(C)(C(=O)OC)C(C)(C)C/C(Cl)=C/CSC(S)c1ccccc1. The van der Waals surface area contributed by atoms with Crippen LogP contribution in [-0.2, 0) is 9.53 Å². The van der Waals surface area contributed by atoms with Crippen LogP contribution in [0.1, 0.15) is 50.7 Å². The van der Waals surface area contributed by atoms with Gasteiger partial charge in [0, 0.05) is 10.8 Å². The van der Waals surface area contributed by atoms with E-state index in [1.807, 2.05) is 38.1 Å². The largest absolute Gasteiger partial charge is 0.469 e. The maximum Gasteiger partial charge on any atom is 0.312 e. The maximum atomic E-state index is 12.3. The Morgan fingerprint density at radius 3 is 2.44 bits per heavy atom. The van der Waals surface area contributed by atoms with Crippen molar-refractivity contribution in [2.24, 2.45) is 10.8 Å². The number of carbonyl (C=O) groups is 1. The standard InChI is InChI=1S/C20H29ClO2S2/c1-6-20(4,18(22)23-5)19(2,3)14-16(21)12-13-25-17(24)15-10-8-7-9-11-15/h7-12,17,24H,6,13-14H2,1-5H3/b16-12-. The van der Waals surface area contributed by atoms with E-state index in [-0.39, 0.29) is 16.0 Å². The Morgan fingerprint density at radius 1 is 1.32 bits per heavy atom. The summed E-state index contributed by atoms with van der Waals surface area (Å²) in [5.74, 6) is 0.595. The van der Waals surface area contributed by atoms with Crippen molar-refractivity contribution in [3.05, 3.63) is 47.0 Å². The number of carbonyl (C=O) groups excluding carboxylic acids is 1. The van der Waals surface area contributed by atoms with Gasteiger partial charge in [-0.3, -0.25) is 4.79 Å². The van der Waals surface area contributed by atoms with Gasteiger partial charge in [-0.05, 0) is 30.7 Å². The average Bonchev–Trinajstić information content (AvgIpc) is 2.60. The molecule has 25 heavy (non-hydrogen) atoms. The van der Waals surface area contributed by atoms with Crippen LogP contribution in [0, 0.1) is 10.8 Å². The lowest BCUT2D eigenvalue weighted by Crippen LogP contribution is -2.42. The minimum atomic E-state index is -0.570. The van der Waals surface area contributed by atoms with Gasteiger partial charge >= 0.3 is 5.97 Å². The first kappa shape index (κ1) is 22.5. The molecule has 0 saturated carbocycles. The number of thioether (sulfide) groups is 1. The molecule has 140 valence electrons. The molecule has 0 spiro atoms. The normalized spacial score (nSPS) is 16.2. The van der Waals surface area contributed by atoms with Gasteiger partial charge in [-0.2, -0.15) is 12.6 Å². The quantitative estimate of drug-likeness (QED) is 0.292. The monoisotopic (exact) mass is 400 g/mol. The van der Waals surface area contributed by atoms with Crippen molar-refractivity contribution >= 4 is 42.0 Å². The fourth-order valence-corrected chi connectivity index (χ4v) is 4.52. The van der Waals surface area contributed by atoms with Crippen LogP contribution in [0.5, 0.6) is 0 Å². The van der Waals surface area contributed by atoms with E-state index < -0.39 is 5.41 Å². The van der Waals surface area contributed by atoms with Gasteiger partial charge < -0.3 is 4.74 Å². The van der Waals surface area contributed by atoms with Gasteiger partial charge in [0.05, 0.1) is 17.1 Å². The maximum absolute atomic E-state index is 12.3. The smallest absolute Gasteiger partial charge is 0.312 e. The predicted molar refractivity (Wildman–Crippen MR) is 113 cm³/mol. The van der Waals surface area contributed by atoms with E-state index >= 15 is 0 Å². The van der Waals surface area contributed by atoms with E-state index in [0.29, 0.717) is 12.8 Å². The van der Waals surface area contributed by atoms with E-state index in [1.54, 1.807) is 11.8 Å². The molecule has 2 atom stereocenters. The van der Waals surface area contributed by atoms with Gasteiger partial charge in [0.15, 0.2) is 0 Å². The van der Waals surface area contributed by atoms with E-state index in [9.17, 15) is 4.79 Å². The highest BCUT2D eigenvalue weighted by atomic mass is 35.5. The van der Waals surface area contributed by atoms with Crippen molar-refractivity contribution in [1.29, 1.82) is 0 Å². The Hall–Kier alpha value is -0.580. The summed E-state index contributed by atoms with van der Waals surface area (Å²) in [4.78, 5) is 12.3. The van der Waals surface area contributed by atoms with Crippen molar-refractivity contribution in [3.8, 4) is 0 Å². The van der Waals surface area contributed by atoms with E-state index in [0.717, 1.165) is 10.8 Å². The first-order chi connectivity index (χ1) is 11.7. The molecule has 1 aromatic carbocycles. The first-order valence-corrected chi connectivity index (χ1v) is 10.4. The lowest BCUT2D eigenvalue weighted by molar-refractivity contribution is -0.159. The number of rotatable bonds is 9. The highest BCUT2D eigenvalue weighted by Gasteiger charge is 2.46. The van der Waals surface area contributed by atoms with Crippen LogP contribution >= 0.6 is 36.0 Å². The molecule has 0 aliphatic heterocycles. The Bertz CT molecular complexity index is 587. The third kappa shape index (κ3) is 5.97. The molecule has 2 nitrogen and oxygen atoms in total. The highest BCUT2D eigenvalue weighted by molar-refractivity contribution is 8.09. The number of allylic oxidation sites excluding steroid dienone is 1. The summed E-state index contributed by atoms with van der Waals surface area (Å²) < 4.78 is 5.14. The molecule has 1 aromatic rings.